The van der Waals surface area contributed by atoms with E-state index in [-0.39, 0.29) is 23.0 Å². The fraction of sp³-hybridized carbons (Fsp3) is 0.217. The zero-order valence-corrected chi connectivity index (χ0v) is 19.3. The average molecular weight is 504 g/mol. The van der Waals surface area contributed by atoms with Crippen molar-refractivity contribution in [1.29, 1.82) is 5.26 Å². The second-order valence-corrected chi connectivity index (χ2v) is 8.11. The number of rotatable bonds is 7. The molecule has 0 radical (unpaired) electrons. The van der Waals surface area contributed by atoms with E-state index in [4.69, 9.17) is 14.7 Å². The van der Waals surface area contributed by atoms with Gasteiger partial charge in [0.15, 0.2) is 16.7 Å². The highest BCUT2D eigenvalue weighted by Gasteiger charge is 2.35. The molecule has 0 aliphatic carbocycles. The van der Waals surface area contributed by atoms with Gasteiger partial charge in [0.1, 0.15) is 5.75 Å². The first-order valence-corrected chi connectivity index (χ1v) is 10.9. The molecular weight excluding hydrogens is 485 g/mol. The molecule has 1 aliphatic heterocycles. The minimum atomic E-state index is -4.73. The van der Waals surface area contributed by atoms with Gasteiger partial charge in [-0.25, -0.2) is 0 Å². The zero-order chi connectivity index (χ0) is 25.6. The maximum atomic E-state index is 13.4. The van der Waals surface area contributed by atoms with E-state index >= 15 is 0 Å². The summed E-state index contributed by atoms with van der Waals surface area (Å²) in [6.07, 6.45) is -3.16. The molecule has 1 heterocycles. The highest BCUT2D eigenvalue weighted by Crippen LogP contribution is 2.41. The number of ether oxygens (including phenoxy) is 2. The van der Waals surface area contributed by atoms with Crippen LogP contribution in [0.5, 0.6) is 17.2 Å². The lowest BCUT2D eigenvalue weighted by Gasteiger charge is -2.16. The predicted molar refractivity (Wildman–Crippen MR) is 124 cm³/mol. The molecule has 0 atom stereocenters. The van der Waals surface area contributed by atoms with E-state index in [1.807, 2.05) is 0 Å². The fourth-order valence-electron chi connectivity index (χ4n) is 2.93. The molecular formula is C23H19F3N4O4S. The van der Waals surface area contributed by atoms with Crippen LogP contribution in [-0.4, -0.2) is 37.2 Å². The summed E-state index contributed by atoms with van der Waals surface area (Å²) in [7, 11) is 1.33. The number of alkyl halides is 3. The number of carbonyl (C=O) groups excluding carboxylic acids is 2. The first-order valence-electron chi connectivity index (χ1n) is 10.1. The summed E-state index contributed by atoms with van der Waals surface area (Å²) < 4.78 is 51.1. The Labute approximate surface area is 202 Å². The number of carbonyl (C=O) groups is 2. The SMILES string of the molecule is COc1cc(C=C2SC(NCCNC(C)=O)=NC2=O)ccc1Oc1ccc(C#N)cc1C(F)(F)F. The number of benzene rings is 2. The maximum absolute atomic E-state index is 13.4. The second-order valence-electron chi connectivity index (χ2n) is 7.08. The molecule has 0 saturated carbocycles. The van der Waals surface area contributed by atoms with Gasteiger partial charge in [-0.2, -0.15) is 23.4 Å². The number of nitriles is 1. The van der Waals surface area contributed by atoms with Crippen LogP contribution in [0.1, 0.15) is 23.6 Å². The Morgan fingerprint density at radius 2 is 1.91 bits per heavy atom. The van der Waals surface area contributed by atoms with Crippen LogP contribution in [0.2, 0.25) is 0 Å². The average Bonchev–Trinajstić information content (AvgIpc) is 3.15. The summed E-state index contributed by atoms with van der Waals surface area (Å²) in [6, 6.07) is 9.16. The number of nitrogens with zero attached hydrogens (tertiary/aromatic N) is 2. The molecule has 2 N–H and O–H groups in total. The summed E-state index contributed by atoms with van der Waals surface area (Å²) in [5, 5.41) is 14.9. The lowest BCUT2D eigenvalue weighted by atomic mass is 10.1. The first kappa shape index (κ1) is 25.6. The van der Waals surface area contributed by atoms with E-state index in [1.54, 1.807) is 18.2 Å². The zero-order valence-electron chi connectivity index (χ0n) is 18.5. The summed E-state index contributed by atoms with van der Waals surface area (Å²) in [4.78, 5) is 27.3. The molecule has 182 valence electrons. The smallest absolute Gasteiger partial charge is 0.420 e. The number of halogens is 3. The Bertz CT molecular complexity index is 1250. The Morgan fingerprint density at radius 1 is 1.17 bits per heavy atom. The van der Waals surface area contributed by atoms with Crippen LogP contribution in [0.15, 0.2) is 46.3 Å². The van der Waals surface area contributed by atoms with Gasteiger partial charge in [-0.3, -0.25) is 9.59 Å². The van der Waals surface area contributed by atoms with Crippen LogP contribution >= 0.6 is 11.8 Å². The molecule has 12 heteroatoms. The van der Waals surface area contributed by atoms with Crippen molar-refractivity contribution in [2.45, 2.75) is 13.1 Å². The number of methoxy groups -OCH3 is 1. The van der Waals surface area contributed by atoms with E-state index in [0.29, 0.717) is 34.8 Å². The van der Waals surface area contributed by atoms with Gasteiger partial charge < -0.3 is 20.1 Å². The van der Waals surface area contributed by atoms with Gasteiger partial charge in [-0.15, -0.1) is 0 Å². The van der Waals surface area contributed by atoms with Gasteiger partial charge in [0.05, 0.1) is 29.2 Å². The van der Waals surface area contributed by atoms with Crippen LogP contribution in [-0.2, 0) is 15.8 Å². The summed E-state index contributed by atoms with van der Waals surface area (Å²) in [6.45, 7) is 2.16. The van der Waals surface area contributed by atoms with Crippen molar-refractivity contribution in [2.75, 3.05) is 20.2 Å². The third-order valence-corrected chi connectivity index (χ3v) is 5.46. The van der Waals surface area contributed by atoms with Crippen molar-refractivity contribution in [3.05, 3.63) is 58.0 Å². The van der Waals surface area contributed by atoms with Crippen molar-refractivity contribution in [1.82, 2.24) is 10.6 Å². The molecule has 8 nitrogen and oxygen atoms in total. The number of amides is 2. The maximum Gasteiger partial charge on any atom is 0.420 e. The number of aliphatic imine (C=N–C) groups is 1. The number of hydrogen-bond acceptors (Lipinski definition) is 7. The van der Waals surface area contributed by atoms with Gasteiger partial charge in [0.25, 0.3) is 5.91 Å². The number of amidine groups is 1. The molecule has 0 fully saturated rings. The lowest BCUT2D eigenvalue weighted by Crippen LogP contribution is -2.32. The largest absolute Gasteiger partial charge is 0.493 e. The molecule has 2 aromatic carbocycles. The molecule has 1 aliphatic rings. The van der Waals surface area contributed by atoms with Crippen molar-refractivity contribution >= 4 is 34.8 Å². The van der Waals surface area contributed by atoms with Crippen LogP contribution in [0.4, 0.5) is 13.2 Å². The first-order chi connectivity index (χ1) is 16.6. The molecule has 0 bridgehead atoms. The molecule has 35 heavy (non-hydrogen) atoms. The van der Waals surface area contributed by atoms with Gasteiger partial charge in [0, 0.05) is 20.0 Å². The van der Waals surface area contributed by atoms with Crippen LogP contribution < -0.4 is 20.1 Å². The summed E-state index contributed by atoms with van der Waals surface area (Å²) >= 11 is 1.12. The molecule has 3 rings (SSSR count). The van der Waals surface area contributed by atoms with Crippen LogP contribution in [0, 0.1) is 11.3 Å². The van der Waals surface area contributed by atoms with Gasteiger partial charge in [0.2, 0.25) is 5.91 Å². The summed E-state index contributed by atoms with van der Waals surface area (Å²) in [5.41, 5.74) is -0.701. The van der Waals surface area contributed by atoms with E-state index in [0.717, 1.165) is 17.8 Å². The van der Waals surface area contributed by atoms with Gasteiger partial charge in [-0.1, -0.05) is 6.07 Å². The quantitative estimate of drug-likeness (QED) is 0.432. The lowest BCUT2D eigenvalue weighted by molar-refractivity contribution is -0.138. The van der Waals surface area contributed by atoms with Crippen molar-refractivity contribution in [2.24, 2.45) is 4.99 Å². The predicted octanol–water partition coefficient (Wildman–Crippen LogP) is 4.07. The monoisotopic (exact) mass is 504 g/mol. The molecule has 0 unspecified atom stereocenters. The van der Waals surface area contributed by atoms with E-state index in [9.17, 15) is 22.8 Å². The van der Waals surface area contributed by atoms with Crippen LogP contribution in [0.3, 0.4) is 0 Å². The Hall–Kier alpha value is -3.98. The van der Waals surface area contributed by atoms with E-state index in [1.165, 1.54) is 32.2 Å². The third kappa shape index (κ3) is 6.77. The second kappa shape index (κ2) is 11.0. The highest BCUT2D eigenvalue weighted by atomic mass is 32.2. The minimum Gasteiger partial charge on any atom is -0.493 e. The molecule has 0 saturated heterocycles. The van der Waals surface area contributed by atoms with Crippen molar-refractivity contribution < 1.29 is 32.2 Å². The standard InChI is InChI=1S/C23H19F3N4O4S/c1-13(31)28-7-8-29-22-30-21(32)20(35-22)11-14-3-6-18(19(10-14)33-2)34-17-5-4-15(12-27)9-16(17)23(24,25)26/h3-6,9-11H,7-8H2,1-2H3,(H,28,31)(H,29,30,32). The Balaban J connectivity index is 1.77. The van der Waals surface area contributed by atoms with Crippen molar-refractivity contribution in [3.63, 3.8) is 0 Å². The Kier molecular flexibility index (Phi) is 8.03. The van der Waals surface area contributed by atoms with Crippen molar-refractivity contribution in [3.8, 4) is 23.3 Å². The number of nitrogens with one attached hydrogen (secondary N) is 2. The normalized spacial score (nSPS) is 14.3. The number of thioether (sulfide) groups is 1. The molecule has 2 amide bonds. The fourth-order valence-corrected chi connectivity index (χ4v) is 3.77. The third-order valence-electron chi connectivity index (χ3n) is 4.52. The van der Waals surface area contributed by atoms with E-state index < -0.39 is 23.4 Å². The topological polar surface area (TPSA) is 113 Å². The van der Waals surface area contributed by atoms with E-state index in [2.05, 4.69) is 15.6 Å². The highest BCUT2D eigenvalue weighted by molar-refractivity contribution is 8.18. The Morgan fingerprint density at radius 3 is 2.57 bits per heavy atom. The molecule has 0 aromatic heterocycles. The van der Waals surface area contributed by atoms with Crippen LogP contribution in [0.25, 0.3) is 6.08 Å². The summed E-state index contributed by atoms with van der Waals surface area (Å²) in [5.74, 6) is -0.942. The molecule has 0 spiro atoms. The number of hydrogen-bond donors (Lipinski definition) is 2. The molecule has 2 aromatic rings. The minimum absolute atomic E-state index is 0.0202. The van der Waals surface area contributed by atoms with Gasteiger partial charge >= 0.3 is 6.18 Å². The van der Waals surface area contributed by atoms with Gasteiger partial charge in [-0.05, 0) is 53.7 Å².